The Morgan fingerprint density at radius 2 is 1.78 bits per heavy atom. The summed E-state index contributed by atoms with van der Waals surface area (Å²) in [6.07, 6.45) is 0. The van der Waals surface area contributed by atoms with Gasteiger partial charge >= 0.3 is 11.9 Å². The fraction of sp³-hybridized carbons (Fsp3) is 0.304. The smallest absolute Gasteiger partial charge is 0.351 e. The van der Waals surface area contributed by atoms with Crippen LogP contribution in [0.4, 0.5) is 0 Å². The van der Waals surface area contributed by atoms with Crippen LogP contribution in [0.1, 0.15) is 52.5 Å². The van der Waals surface area contributed by atoms with Crippen molar-refractivity contribution in [3.8, 4) is 5.75 Å². The maximum atomic E-state index is 12.7. The van der Waals surface area contributed by atoms with Gasteiger partial charge in [0.1, 0.15) is 16.5 Å². The van der Waals surface area contributed by atoms with E-state index in [4.69, 9.17) is 19.9 Å². The third-order valence-corrected chi connectivity index (χ3v) is 5.38. The molecule has 1 unspecified atom stereocenters. The third kappa shape index (κ3) is 5.30. The number of hydrogen-bond acceptors (Lipinski definition) is 9. The average Bonchev–Trinajstić information content (AvgIpc) is 3.13. The van der Waals surface area contributed by atoms with Crippen molar-refractivity contribution >= 4 is 39.3 Å². The molecular weight excluding hydrogens is 432 g/mol. The number of hydrogen-bond donors (Lipinski definition) is 1. The average molecular weight is 457 g/mol. The molecule has 1 atom stereocenters. The molecule has 2 heterocycles. The molecule has 0 bridgehead atoms. The van der Waals surface area contributed by atoms with E-state index in [2.05, 4.69) is 4.98 Å². The Kier molecular flexibility index (Phi) is 6.90. The Morgan fingerprint density at radius 1 is 1.09 bits per heavy atom. The predicted octanol–water partition coefficient (Wildman–Crippen LogP) is 3.69. The molecule has 0 amide bonds. The lowest BCUT2D eigenvalue weighted by Crippen LogP contribution is -2.27. The van der Waals surface area contributed by atoms with Crippen LogP contribution >= 0.6 is 11.3 Å². The van der Waals surface area contributed by atoms with Gasteiger partial charge in [0.15, 0.2) is 23.0 Å². The number of nitrogens with two attached hydrogens (primary N) is 1. The van der Waals surface area contributed by atoms with Crippen LogP contribution in [0.3, 0.4) is 0 Å². The summed E-state index contributed by atoms with van der Waals surface area (Å²) in [5.41, 5.74) is 6.32. The van der Waals surface area contributed by atoms with E-state index in [0.717, 1.165) is 11.3 Å². The first-order valence-corrected chi connectivity index (χ1v) is 10.6. The highest BCUT2D eigenvalue weighted by atomic mass is 32.1. The van der Waals surface area contributed by atoms with Crippen molar-refractivity contribution in [1.29, 1.82) is 0 Å². The molecule has 0 aliphatic rings. The Hall–Kier alpha value is -3.30. The molecule has 1 aromatic carbocycles. The number of fused-ring (bicyclic) bond motifs is 1. The molecule has 2 aromatic heterocycles. The number of benzene rings is 1. The molecule has 0 saturated carbocycles. The van der Waals surface area contributed by atoms with Crippen molar-refractivity contribution in [2.75, 3.05) is 13.7 Å². The minimum absolute atomic E-state index is 0.152. The number of carbonyl (C=O) groups excluding carboxylic acids is 3. The molecule has 0 fully saturated rings. The van der Waals surface area contributed by atoms with Crippen molar-refractivity contribution in [2.24, 2.45) is 5.73 Å². The van der Waals surface area contributed by atoms with Gasteiger partial charge in [-0.15, -0.1) is 11.3 Å². The zero-order valence-corrected chi connectivity index (χ0v) is 19.0. The van der Waals surface area contributed by atoms with Gasteiger partial charge in [-0.05, 0) is 32.9 Å². The fourth-order valence-corrected chi connectivity index (χ4v) is 3.98. The predicted molar refractivity (Wildman–Crippen MR) is 120 cm³/mol. The SMILES string of the molecule is COC(=O)c1sc2nc(C(N)C(=O)c3ccccc3)ccc2c1OCC(=O)OC(C)(C)C. The van der Waals surface area contributed by atoms with Crippen LogP contribution in [-0.4, -0.2) is 42.0 Å². The number of aromatic nitrogens is 1. The second-order valence-electron chi connectivity index (χ2n) is 7.92. The van der Waals surface area contributed by atoms with E-state index in [0.29, 0.717) is 21.5 Å². The van der Waals surface area contributed by atoms with E-state index in [1.807, 2.05) is 6.07 Å². The summed E-state index contributed by atoms with van der Waals surface area (Å²) in [6, 6.07) is 11.0. The molecule has 3 rings (SSSR count). The number of methoxy groups -OCH3 is 1. The summed E-state index contributed by atoms with van der Waals surface area (Å²) in [4.78, 5) is 42.1. The maximum Gasteiger partial charge on any atom is 0.351 e. The molecule has 0 saturated heterocycles. The van der Waals surface area contributed by atoms with Gasteiger partial charge in [-0.2, -0.15) is 0 Å². The summed E-state index contributed by atoms with van der Waals surface area (Å²) in [5.74, 6) is -1.31. The number of esters is 2. The molecule has 8 nitrogen and oxygen atoms in total. The quantitative estimate of drug-likeness (QED) is 0.422. The zero-order chi connectivity index (χ0) is 23.5. The molecular formula is C23H24N2O6S. The Morgan fingerprint density at radius 3 is 2.41 bits per heavy atom. The van der Waals surface area contributed by atoms with E-state index in [1.54, 1.807) is 57.2 Å². The van der Waals surface area contributed by atoms with Gasteiger partial charge in [0, 0.05) is 5.56 Å². The highest BCUT2D eigenvalue weighted by Crippen LogP contribution is 2.38. The van der Waals surface area contributed by atoms with Gasteiger partial charge in [0.05, 0.1) is 18.2 Å². The molecule has 0 aliphatic carbocycles. The second kappa shape index (κ2) is 9.46. The summed E-state index contributed by atoms with van der Waals surface area (Å²) >= 11 is 1.03. The monoisotopic (exact) mass is 456 g/mol. The van der Waals surface area contributed by atoms with Gasteiger partial charge in [-0.25, -0.2) is 14.6 Å². The van der Waals surface area contributed by atoms with Crippen LogP contribution < -0.4 is 10.5 Å². The number of Topliss-reactive ketones (excluding diaryl/α,β-unsaturated/α-hetero) is 1. The molecule has 9 heteroatoms. The molecule has 3 aromatic rings. The molecule has 0 radical (unpaired) electrons. The Labute approximate surface area is 189 Å². The first kappa shape index (κ1) is 23.4. The summed E-state index contributed by atoms with van der Waals surface area (Å²) in [6.45, 7) is 4.85. The van der Waals surface area contributed by atoms with Crippen LogP contribution in [0.25, 0.3) is 10.2 Å². The highest BCUT2D eigenvalue weighted by molar-refractivity contribution is 7.20. The topological polar surface area (TPSA) is 118 Å². The minimum Gasteiger partial charge on any atom is -0.479 e. The summed E-state index contributed by atoms with van der Waals surface area (Å²) in [7, 11) is 1.25. The molecule has 0 spiro atoms. The Bertz CT molecular complexity index is 1150. The van der Waals surface area contributed by atoms with Crippen molar-refractivity contribution in [1.82, 2.24) is 4.98 Å². The second-order valence-corrected chi connectivity index (χ2v) is 8.92. The number of carbonyl (C=O) groups is 3. The van der Waals surface area contributed by atoms with E-state index < -0.39 is 23.6 Å². The van der Waals surface area contributed by atoms with Crippen LogP contribution in [-0.2, 0) is 14.3 Å². The Balaban J connectivity index is 1.92. The summed E-state index contributed by atoms with van der Waals surface area (Å²) in [5, 5.41) is 0.502. The van der Waals surface area contributed by atoms with Crippen molar-refractivity contribution in [2.45, 2.75) is 32.4 Å². The van der Waals surface area contributed by atoms with Gasteiger partial charge in [-0.1, -0.05) is 30.3 Å². The fourth-order valence-electron chi connectivity index (χ4n) is 2.93. The first-order valence-electron chi connectivity index (χ1n) is 9.82. The lowest BCUT2D eigenvalue weighted by molar-refractivity contribution is -0.157. The number of ketones is 1. The lowest BCUT2D eigenvalue weighted by Gasteiger charge is -2.19. The van der Waals surface area contributed by atoms with E-state index in [9.17, 15) is 14.4 Å². The standard InChI is InChI=1S/C23H24N2O6S/c1-23(2,3)31-16(26)12-30-19-14-10-11-15(25-21(14)32-20(19)22(28)29-4)17(24)18(27)13-8-6-5-7-9-13/h5-11,17H,12,24H2,1-4H3. The molecule has 2 N–H and O–H groups in total. The normalized spacial score (nSPS) is 12.3. The third-order valence-electron chi connectivity index (χ3n) is 4.32. The number of nitrogens with zero attached hydrogens (tertiary/aromatic N) is 1. The molecule has 168 valence electrons. The van der Waals surface area contributed by atoms with E-state index in [1.165, 1.54) is 7.11 Å². The van der Waals surface area contributed by atoms with Crippen molar-refractivity contribution in [3.63, 3.8) is 0 Å². The van der Waals surface area contributed by atoms with Crippen molar-refractivity contribution in [3.05, 3.63) is 58.6 Å². The summed E-state index contributed by atoms with van der Waals surface area (Å²) < 4.78 is 15.7. The number of rotatable bonds is 7. The number of pyridine rings is 1. The van der Waals surface area contributed by atoms with Crippen LogP contribution in [0.2, 0.25) is 0 Å². The first-order chi connectivity index (χ1) is 15.1. The maximum absolute atomic E-state index is 12.7. The minimum atomic E-state index is -0.975. The van der Waals surface area contributed by atoms with Gasteiger partial charge in [-0.3, -0.25) is 4.79 Å². The largest absolute Gasteiger partial charge is 0.479 e. The highest BCUT2D eigenvalue weighted by Gasteiger charge is 2.26. The zero-order valence-electron chi connectivity index (χ0n) is 18.2. The van der Waals surface area contributed by atoms with Gasteiger partial charge in [0.25, 0.3) is 0 Å². The van der Waals surface area contributed by atoms with Crippen LogP contribution in [0, 0.1) is 0 Å². The van der Waals surface area contributed by atoms with Gasteiger partial charge < -0.3 is 19.9 Å². The number of ether oxygens (including phenoxy) is 3. The lowest BCUT2D eigenvalue weighted by atomic mass is 10.0. The molecule has 32 heavy (non-hydrogen) atoms. The van der Waals surface area contributed by atoms with Crippen LogP contribution in [0.5, 0.6) is 5.75 Å². The van der Waals surface area contributed by atoms with Crippen molar-refractivity contribution < 1.29 is 28.6 Å². The number of thiophene rings is 1. The van der Waals surface area contributed by atoms with E-state index in [-0.39, 0.29) is 23.0 Å². The van der Waals surface area contributed by atoms with Crippen LogP contribution in [0.15, 0.2) is 42.5 Å². The van der Waals surface area contributed by atoms with E-state index >= 15 is 0 Å². The van der Waals surface area contributed by atoms with Gasteiger partial charge in [0.2, 0.25) is 0 Å². The molecule has 0 aliphatic heterocycles.